The molecular formula is C14H16BrF4N. The number of hydrogen-bond acceptors (Lipinski definition) is 1. The van der Waals surface area contributed by atoms with Crippen LogP contribution in [0.2, 0.25) is 0 Å². The maximum Gasteiger partial charge on any atom is 0.391 e. The van der Waals surface area contributed by atoms with E-state index in [9.17, 15) is 17.6 Å². The highest BCUT2D eigenvalue weighted by Crippen LogP contribution is 2.41. The molecule has 0 spiro atoms. The molecule has 2 N–H and O–H groups in total. The summed E-state index contributed by atoms with van der Waals surface area (Å²) in [6, 6.07) is 4.31. The molecule has 1 aliphatic carbocycles. The van der Waals surface area contributed by atoms with Crippen molar-refractivity contribution < 1.29 is 17.6 Å². The van der Waals surface area contributed by atoms with Gasteiger partial charge in [-0.2, -0.15) is 13.2 Å². The first-order valence-corrected chi connectivity index (χ1v) is 7.28. The molecule has 2 rings (SSSR count). The summed E-state index contributed by atoms with van der Waals surface area (Å²) in [4.78, 5) is 0. The lowest BCUT2D eigenvalue weighted by Gasteiger charge is -2.38. The molecule has 6 heteroatoms. The number of benzene rings is 1. The zero-order valence-electron chi connectivity index (χ0n) is 10.8. The van der Waals surface area contributed by atoms with E-state index in [4.69, 9.17) is 5.73 Å². The van der Waals surface area contributed by atoms with Crippen molar-refractivity contribution in [3.05, 3.63) is 34.1 Å². The van der Waals surface area contributed by atoms with Crippen molar-refractivity contribution in [2.24, 2.45) is 11.7 Å². The predicted molar refractivity (Wildman–Crippen MR) is 72.7 cm³/mol. The van der Waals surface area contributed by atoms with E-state index in [0.717, 1.165) is 4.47 Å². The topological polar surface area (TPSA) is 26.0 Å². The van der Waals surface area contributed by atoms with E-state index in [0.29, 0.717) is 24.8 Å². The second-order valence-electron chi connectivity index (χ2n) is 5.59. The molecule has 0 atom stereocenters. The average Bonchev–Trinajstić information content (AvgIpc) is 2.33. The van der Waals surface area contributed by atoms with Gasteiger partial charge in [-0.3, -0.25) is 0 Å². The molecule has 112 valence electrons. The molecule has 0 saturated heterocycles. The van der Waals surface area contributed by atoms with Crippen LogP contribution in [0.15, 0.2) is 22.7 Å². The fourth-order valence-electron chi connectivity index (χ4n) is 2.75. The van der Waals surface area contributed by atoms with Gasteiger partial charge in [-0.25, -0.2) is 4.39 Å². The third-order valence-electron chi connectivity index (χ3n) is 3.99. The highest BCUT2D eigenvalue weighted by molar-refractivity contribution is 9.10. The van der Waals surface area contributed by atoms with Crippen LogP contribution in [0, 0.1) is 11.7 Å². The van der Waals surface area contributed by atoms with Crippen LogP contribution in [0.1, 0.15) is 31.2 Å². The zero-order chi connectivity index (χ0) is 15.0. The first-order chi connectivity index (χ1) is 9.20. The van der Waals surface area contributed by atoms with Gasteiger partial charge < -0.3 is 5.73 Å². The Balaban J connectivity index is 2.05. The molecule has 20 heavy (non-hydrogen) atoms. The first-order valence-electron chi connectivity index (χ1n) is 6.49. The van der Waals surface area contributed by atoms with Crippen molar-refractivity contribution in [3.63, 3.8) is 0 Å². The summed E-state index contributed by atoms with van der Waals surface area (Å²) in [7, 11) is 0. The fraction of sp³-hybridized carbons (Fsp3) is 0.571. The maximum absolute atomic E-state index is 13.2. The van der Waals surface area contributed by atoms with Crippen LogP contribution in [-0.2, 0) is 6.42 Å². The van der Waals surface area contributed by atoms with Crippen LogP contribution in [0.25, 0.3) is 0 Å². The fourth-order valence-corrected chi connectivity index (χ4v) is 3.14. The van der Waals surface area contributed by atoms with Gasteiger partial charge in [0.05, 0.1) is 5.92 Å². The van der Waals surface area contributed by atoms with Crippen LogP contribution in [0.3, 0.4) is 0 Å². The molecule has 1 aliphatic rings. The van der Waals surface area contributed by atoms with Crippen molar-refractivity contribution in [3.8, 4) is 0 Å². The number of alkyl halides is 3. The summed E-state index contributed by atoms with van der Waals surface area (Å²) < 4.78 is 51.9. The molecule has 1 aromatic carbocycles. The lowest BCUT2D eigenvalue weighted by atomic mass is 9.74. The third-order valence-corrected chi connectivity index (χ3v) is 4.77. The van der Waals surface area contributed by atoms with E-state index in [1.807, 2.05) is 0 Å². The van der Waals surface area contributed by atoms with Crippen molar-refractivity contribution in [2.45, 2.75) is 43.8 Å². The van der Waals surface area contributed by atoms with E-state index < -0.39 is 17.6 Å². The van der Waals surface area contributed by atoms with Crippen LogP contribution in [-0.4, -0.2) is 11.7 Å². The Labute approximate surface area is 123 Å². The van der Waals surface area contributed by atoms with E-state index in [2.05, 4.69) is 15.9 Å². The summed E-state index contributed by atoms with van der Waals surface area (Å²) in [5.41, 5.74) is 6.23. The molecule has 0 radical (unpaired) electrons. The van der Waals surface area contributed by atoms with Gasteiger partial charge in [-0.1, -0.05) is 15.9 Å². The van der Waals surface area contributed by atoms with Crippen molar-refractivity contribution >= 4 is 15.9 Å². The Morgan fingerprint density at radius 1 is 1.25 bits per heavy atom. The molecule has 1 nitrogen and oxygen atoms in total. The van der Waals surface area contributed by atoms with Crippen LogP contribution >= 0.6 is 15.9 Å². The van der Waals surface area contributed by atoms with E-state index >= 15 is 0 Å². The minimum absolute atomic E-state index is 0.0485. The number of hydrogen-bond donors (Lipinski definition) is 1. The maximum atomic E-state index is 13.2. The summed E-state index contributed by atoms with van der Waals surface area (Å²) in [6.07, 6.45) is -3.04. The van der Waals surface area contributed by atoms with Crippen molar-refractivity contribution in [2.75, 3.05) is 0 Å². The van der Waals surface area contributed by atoms with Gasteiger partial charge in [0.1, 0.15) is 5.82 Å². The minimum atomic E-state index is -4.14. The average molecular weight is 354 g/mol. The second kappa shape index (κ2) is 5.64. The molecular weight excluding hydrogens is 338 g/mol. The van der Waals surface area contributed by atoms with Crippen LogP contribution in [0.4, 0.5) is 17.6 Å². The lowest BCUT2D eigenvalue weighted by Crippen LogP contribution is -2.47. The van der Waals surface area contributed by atoms with Gasteiger partial charge in [0.2, 0.25) is 0 Å². The van der Waals surface area contributed by atoms with Gasteiger partial charge in [-0.15, -0.1) is 0 Å². The SMILES string of the molecule is NC1(Cc2cc(F)ccc2Br)CCC(C(F)(F)F)CC1. The largest absolute Gasteiger partial charge is 0.391 e. The first kappa shape index (κ1) is 15.8. The quantitative estimate of drug-likeness (QED) is 0.773. The lowest BCUT2D eigenvalue weighted by molar-refractivity contribution is -0.184. The smallest absolute Gasteiger partial charge is 0.325 e. The van der Waals surface area contributed by atoms with Crippen LogP contribution in [0.5, 0.6) is 0 Å². The highest BCUT2D eigenvalue weighted by Gasteiger charge is 2.44. The summed E-state index contributed by atoms with van der Waals surface area (Å²) in [5.74, 6) is -1.62. The Kier molecular flexibility index (Phi) is 4.44. The number of nitrogens with two attached hydrogens (primary N) is 1. The number of halogens is 5. The molecule has 0 aliphatic heterocycles. The highest BCUT2D eigenvalue weighted by atomic mass is 79.9. The normalized spacial score (nSPS) is 27.6. The molecule has 0 aromatic heterocycles. The Morgan fingerprint density at radius 2 is 1.85 bits per heavy atom. The van der Waals surface area contributed by atoms with Gasteiger partial charge in [0.15, 0.2) is 0 Å². The molecule has 1 saturated carbocycles. The molecule has 0 unspecified atom stereocenters. The van der Waals surface area contributed by atoms with E-state index in [-0.39, 0.29) is 18.7 Å². The zero-order valence-corrected chi connectivity index (χ0v) is 12.4. The molecule has 0 amide bonds. The summed E-state index contributed by atoms with van der Waals surface area (Å²) in [6.45, 7) is 0. The Morgan fingerprint density at radius 3 is 2.40 bits per heavy atom. The van der Waals surface area contributed by atoms with E-state index in [1.54, 1.807) is 6.07 Å². The Bertz CT molecular complexity index is 479. The van der Waals surface area contributed by atoms with Gasteiger partial charge in [-0.05, 0) is 55.9 Å². The van der Waals surface area contributed by atoms with E-state index in [1.165, 1.54) is 12.1 Å². The molecule has 0 heterocycles. The minimum Gasteiger partial charge on any atom is -0.325 e. The van der Waals surface area contributed by atoms with Crippen molar-refractivity contribution in [1.29, 1.82) is 0 Å². The monoisotopic (exact) mass is 353 g/mol. The predicted octanol–water partition coefficient (Wildman–Crippen LogP) is 4.58. The molecule has 1 aromatic rings. The number of rotatable bonds is 2. The molecule has 0 bridgehead atoms. The Hall–Kier alpha value is -0.620. The van der Waals surface area contributed by atoms with Gasteiger partial charge in [0.25, 0.3) is 0 Å². The van der Waals surface area contributed by atoms with Crippen LogP contribution < -0.4 is 5.73 Å². The summed E-state index contributed by atoms with van der Waals surface area (Å²) in [5, 5.41) is 0. The van der Waals surface area contributed by atoms with Gasteiger partial charge >= 0.3 is 6.18 Å². The third kappa shape index (κ3) is 3.73. The second-order valence-corrected chi connectivity index (χ2v) is 6.45. The van der Waals surface area contributed by atoms with Gasteiger partial charge in [0, 0.05) is 10.0 Å². The summed E-state index contributed by atoms with van der Waals surface area (Å²) >= 11 is 3.32. The van der Waals surface area contributed by atoms with Crippen molar-refractivity contribution in [1.82, 2.24) is 0 Å². The molecule has 1 fully saturated rings. The standard InChI is InChI=1S/C14H16BrF4N/c15-12-2-1-11(16)7-9(12)8-13(20)5-3-10(4-6-13)14(17,18)19/h1-2,7,10H,3-6,8,20H2.